The summed E-state index contributed by atoms with van der Waals surface area (Å²) in [6.45, 7) is 3.88. The summed E-state index contributed by atoms with van der Waals surface area (Å²) in [5, 5.41) is 2.93. The molecule has 0 aliphatic carbocycles. The summed E-state index contributed by atoms with van der Waals surface area (Å²) >= 11 is 0. The predicted molar refractivity (Wildman–Crippen MR) is 97.0 cm³/mol. The van der Waals surface area contributed by atoms with Gasteiger partial charge in [0, 0.05) is 13.1 Å². The van der Waals surface area contributed by atoms with Crippen LogP contribution in [0.1, 0.15) is 23.1 Å². The molecule has 2 aromatic rings. The molecule has 0 aliphatic heterocycles. The van der Waals surface area contributed by atoms with Crippen LogP contribution in [0.5, 0.6) is 5.75 Å². The lowest BCUT2D eigenvalue weighted by Gasteiger charge is -2.11. The number of hydrogen-bond acceptors (Lipinski definition) is 3. The van der Waals surface area contributed by atoms with Crippen LogP contribution >= 0.6 is 0 Å². The van der Waals surface area contributed by atoms with Gasteiger partial charge in [-0.15, -0.1) is 0 Å². The van der Waals surface area contributed by atoms with Crippen molar-refractivity contribution in [2.75, 3.05) is 20.7 Å². The average molecular weight is 326 g/mol. The largest absolute Gasteiger partial charge is 0.493 e. The smallest absolute Gasteiger partial charge is 0.223 e. The van der Waals surface area contributed by atoms with Gasteiger partial charge in [-0.25, -0.2) is 0 Å². The molecule has 0 unspecified atom stereocenters. The van der Waals surface area contributed by atoms with Crippen LogP contribution in [0.4, 0.5) is 0 Å². The Balaban J connectivity index is 1.68. The molecule has 0 fully saturated rings. The molecule has 1 N–H and O–H groups in total. The van der Waals surface area contributed by atoms with Crippen LogP contribution in [0.2, 0.25) is 0 Å². The molecule has 2 aromatic carbocycles. The number of nitrogens with zero attached hydrogens (tertiary/aromatic N) is 1. The van der Waals surface area contributed by atoms with Gasteiger partial charge in [0.2, 0.25) is 5.91 Å². The zero-order chi connectivity index (χ0) is 17.4. The molecular formula is C20H26N2O2. The van der Waals surface area contributed by atoms with Crippen LogP contribution < -0.4 is 10.1 Å². The topological polar surface area (TPSA) is 41.6 Å². The number of amides is 1. The minimum absolute atomic E-state index is 0.000482. The Kier molecular flexibility index (Phi) is 6.82. The Hall–Kier alpha value is -2.33. The summed E-state index contributed by atoms with van der Waals surface area (Å²) in [6.07, 6.45) is 0.354. The minimum Gasteiger partial charge on any atom is -0.493 e. The predicted octanol–water partition coefficient (Wildman–Crippen LogP) is 3.14. The van der Waals surface area contributed by atoms with E-state index in [9.17, 15) is 4.79 Å². The quantitative estimate of drug-likeness (QED) is 0.810. The second-order valence-electron chi connectivity index (χ2n) is 6.24. The summed E-state index contributed by atoms with van der Waals surface area (Å²) in [5.41, 5.74) is 3.56. The number of carbonyl (C=O) groups excluding carboxylic acids is 1. The van der Waals surface area contributed by atoms with E-state index in [1.165, 1.54) is 11.1 Å². The van der Waals surface area contributed by atoms with E-state index in [-0.39, 0.29) is 5.91 Å². The summed E-state index contributed by atoms with van der Waals surface area (Å²) in [5.74, 6) is 0.796. The highest BCUT2D eigenvalue weighted by Gasteiger charge is 2.03. The molecule has 4 nitrogen and oxygen atoms in total. The fraction of sp³-hybridized carbons (Fsp3) is 0.350. The zero-order valence-electron chi connectivity index (χ0n) is 14.7. The van der Waals surface area contributed by atoms with E-state index in [0.29, 0.717) is 19.6 Å². The highest BCUT2D eigenvalue weighted by molar-refractivity contribution is 5.76. The molecule has 0 heterocycles. The molecule has 0 aromatic heterocycles. The lowest BCUT2D eigenvalue weighted by Crippen LogP contribution is -2.24. The average Bonchev–Trinajstić information content (AvgIpc) is 2.55. The van der Waals surface area contributed by atoms with E-state index in [1.807, 2.05) is 45.3 Å². The van der Waals surface area contributed by atoms with Crippen molar-refractivity contribution in [3.63, 3.8) is 0 Å². The van der Waals surface area contributed by atoms with E-state index >= 15 is 0 Å². The van der Waals surface area contributed by atoms with Crippen molar-refractivity contribution in [2.24, 2.45) is 0 Å². The molecule has 0 saturated carbocycles. The van der Waals surface area contributed by atoms with Crippen LogP contribution in [-0.2, 0) is 17.9 Å². The number of ether oxygens (including phenoxy) is 1. The van der Waals surface area contributed by atoms with E-state index < -0.39 is 0 Å². The molecule has 24 heavy (non-hydrogen) atoms. The van der Waals surface area contributed by atoms with Gasteiger partial charge in [0.15, 0.2) is 0 Å². The molecule has 0 spiro atoms. The van der Waals surface area contributed by atoms with Crippen molar-refractivity contribution >= 4 is 5.91 Å². The Morgan fingerprint density at radius 3 is 2.25 bits per heavy atom. The zero-order valence-corrected chi connectivity index (χ0v) is 14.7. The maximum atomic E-state index is 11.9. The first-order chi connectivity index (χ1) is 11.5. The van der Waals surface area contributed by atoms with Crippen molar-refractivity contribution in [3.05, 3.63) is 65.2 Å². The maximum Gasteiger partial charge on any atom is 0.223 e. The molecule has 2 rings (SSSR count). The molecule has 1 amide bonds. The van der Waals surface area contributed by atoms with Gasteiger partial charge in [-0.2, -0.15) is 0 Å². The number of benzene rings is 2. The SMILES string of the molecule is Cc1ccc(OCCC(=O)NCc2ccc(CN(C)C)cc2)cc1. The molecule has 0 aliphatic rings. The molecule has 128 valence electrons. The van der Waals surface area contributed by atoms with E-state index in [0.717, 1.165) is 17.9 Å². The van der Waals surface area contributed by atoms with Gasteiger partial charge in [-0.05, 0) is 44.3 Å². The molecular weight excluding hydrogens is 300 g/mol. The van der Waals surface area contributed by atoms with Crippen molar-refractivity contribution in [1.29, 1.82) is 0 Å². The summed E-state index contributed by atoms with van der Waals surface area (Å²) in [4.78, 5) is 14.0. The van der Waals surface area contributed by atoms with Crippen molar-refractivity contribution in [3.8, 4) is 5.75 Å². The lowest BCUT2D eigenvalue weighted by atomic mass is 10.1. The molecule has 0 saturated heterocycles. The normalized spacial score (nSPS) is 10.7. The maximum absolute atomic E-state index is 11.9. The second-order valence-corrected chi connectivity index (χ2v) is 6.24. The lowest BCUT2D eigenvalue weighted by molar-refractivity contribution is -0.121. The third-order valence-electron chi connectivity index (χ3n) is 3.63. The van der Waals surface area contributed by atoms with E-state index in [4.69, 9.17) is 4.74 Å². The van der Waals surface area contributed by atoms with Crippen LogP contribution in [-0.4, -0.2) is 31.5 Å². The van der Waals surface area contributed by atoms with Crippen molar-refractivity contribution in [2.45, 2.75) is 26.4 Å². The second kappa shape index (κ2) is 9.08. The minimum atomic E-state index is -0.000482. The fourth-order valence-electron chi connectivity index (χ4n) is 2.31. The van der Waals surface area contributed by atoms with Crippen LogP contribution in [0.15, 0.2) is 48.5 Å². The highest BCUT2D eigenvalue weighted by Crippen LogP contribution is 2.11. The standard InChI is InChI=1S/C20H26N2O2/c1-16-4-10-19(11-5-16)24-13-12-20(23)21-14-17-6-8-18(9-7-17)15-22(2)3/h4-11H,12-15H2,1-3H3,(H,21,23). The number of carbonyl (C=O) groups is 1. The highest BCUT2D eigenvalue weighted by atomic mass is 16.5. The van der Waals surface area contributed by atoms with E-state index in [1.54, 1.807) is 0 Å². The summed E-state index contributed by atoms with van der Waals surface area (Å²) in [7, 11) is 4.10. The van der Waals surface area contributed by atoms with Crippen LogP contribution in [0.25, 0.3) is 0 Å². The van der Waals surface area contributed by atoms with Crippen molar-refractivity contribution < 1.29 is 9.53 Å². The van der Waals surface area contributed by atoms with Gasteiger partial charge in [-0.3, -0.25) is 4.79 Å². The first-order valence-corrected chi connectivity index (χ1v) is 8.21. The number of nitrogens with one attached hydrogen (secondary N) is 1. The number of rotatable bonds is 8. The van der Waals surface area contributed by atoms with Crippen LogP contribution in [0.3, 0.4) is 0 Å². The van der Waals surface area contributed by atoms with Gasteiger partial charge in [-0.1, -0.05) is 42.0 Å². The monoisotopic (exact) mass is 326 g/mol. The van der Waals surface area contributed by atoms with Gasteiger partial charge in [0.25, 0.3) is 0 Å². The number of aryl methyl sites for hydroxylation is 1. The van der Waals surface area contributed by atoms with E-state index in [2.05, 4.69) is 34.5 Å². The van der Waals surface area contributed by atoms with Gasteiger partial charge >= 0.3 is 0 Å². The Bertz CT molecular complexity index is 634. The molecule has 4 heteroatoms. The third kappa shape index (κ3) is 6.42. The summed E-state index contributed by atoms with van der Waals surface area (Å²) < 4.78 is 5.57. The molecule has 0 atom stereocenters. The van der Waals surface area contributed by atoms with Crippen LogP contribution in [0, 0.1) is 6.92 Å². The fourth-order valence-corrected chi connectivity index (χ4v) is 2.31. The van der Waals surface area contributed by atoms with Gasteiger partial charge in [0.05, 0.1) is 13.0 Å². The Labute approximate surface area is 144 Å². The summed E-state index contributed by atoms with van der Waals surface area (Å²) in [6, 6.07) is 16.1. The van der Waals surface area contributed by atoms with Gasteiger partial charge in [0.1, 0.15) is 5.75 Å². The number of hydrogen-bond donors (Lipinski definition) is 1. The Morgan fingerprint density at radius 2 is 1.62 bits per heavy atom. The van der Waals surface area contributed by atoms with Gasteiger partial charge < -0.3 is 15.0 Å². The Morgan fingerprint density at radius 1 is 1.00 bits per heavy atom. The first kappa shape index (κ1) is 18.0. The first-order valence-electron chi connectivity index (χ1n) is 8.21. The third-order valence-corrected chi connectivity index (χ3v) is 3.63. The molecule has 0 bridgehead atoms. The molecule has 0 radical (unpaired) electrons. The van der Waals surface area contributed by atoms with Crippen molar-refractivity contribution in [1.82, 2.24) is 10.2 Å².